The molecule has 5 nitrogen and oxygen atoms in total. The van der Waals surface area contributed by atoms with E-state index in [4.69, 9.17) is 0 Å². The highest BCUT2D eigenvalue weighted by Gasteiger charge is 2.14. The van der Waals surface area contributed by atoms with Crippen molar-refractivity contribution >= 4 is 6.03 Å². The van der Waals surface area contributed by atoms with Gasteiger partial charge in [0.15, 0.2) is 0 Å². The minimum absolute atomic E-state index is 0.105. The first-order valence-electron chi connectivity index (χ1n) is 7.87. The fourth-order valence-electron chi connectivity index (χ4n) is 2.54. The Labute approximate surface area is 127 Å². The summed E-state index contributed by atoms with van der Waals surface area (Å²) in [6.45, 7) is 7.05. The van der Waals surface area contributed by atoms with E-state index in [1.807, 2.05) is 12.1 Å². The molecule has 21 heavy (non-hydrogen) atoms. The molecule has 2 N–H and O–H groups in total. The van der Waals surface area contributed by atoms with E-state index in [9.17, 15) is 4.79 Å². The monoisotopic (exact) mass is 290 g/mol. The fraction of sp³-hybridized carbons (Fsp3) is 0.625. The maximum absolute atomic E-state index is 11.7. The van der Waals surface area contributed by atoms with Crippen LogP contribution in [0.5, 0.6) is 0 Å². The topological polar surface area (TPSA) is 57.3 Å². The summed E-state index contributed by atoms with van der Waals surface area (Å²) in [5.41, 5.74) is 1.01. The van der Waals surface area contributed by atoms with Gasteiger partial charge in [-0.15, -0.1) is 0 Å². The van der Waals surface area contributed by atoms with E-state index < -0.39 is 0 Å². The zero-order chi connectivity index (χ0) is 14.9. The number of hydrogen-bond donors (Lipinski definition) is 2. The average molecular weight is 290 g/mol. The number of nitrogens with one attached hydrogen (secondary N) is 2. The van der Waals surface area contributed by atoms with Crippen LogP contribution in [-0.4, -0.2) is 42.1 Å². The summed E-state index contributed by atoms with van der Waals surface area (Å²) >= 11 is 0. The van der Waals surface area contributed by atoms with Crippen molar-refractivity contribution in [1.29, 1.82) is 0 Å². The third kappa shape index (κ3) is 6.12. The summed E-state index contributed by atoms with van der Waals surface area (Å²) in [6, 6.07) is 3.71. The third-order valence-electron chi connectivity index (χ3n) is 3.99. The molecule has 2 rings (SSSR count). The largest absolute Gasteiger partial charge is 0.338 e. The van der Waals surface area contributed by atoms with Gasteiger partial charge in [-0.3, -0.25) is 4.98 Å². The van der Waals surface area contributed by atoms with Crippen molar-refractivity contribution in [2.75, 3.05) is 26.2 Å². The highest BCUT2D eigenvalue weighted by molar-refractivity contribution is 5.73. The van der Waals surface area contributed by atoms with Crippen LogP contribution in [0.25, 0.3) is 0 Å². The van der Waals surface area contributed by atoms with Gasteiger partial charge in [-0.1, -0.05) is 13.0 Å². The number of urea groups is 1. The van der Waals surface area contributed by atoms with Crippen LogP contribution in [0.2, 0.25) is 0 Å². The van der Waals surface area contributed by atoms with E-state index in [2.05, 4.69) is 27.4 Å². The number of hydrogen-bond acceptors (Lipinski definition) is 3. The first kappa shape index (κ1) is 15.8. The lowest BCUT2D eigenvalue weighted by Gasteiger charge is -2.30. The predicted octanol–water partition coefficient (Wildman–Crippen LogP) is 2.00. The molecule has 0 atom stereocenters. The zero-order valence-corrected chi connectivity index (χ0v) is 12.8. The number of nitrogens with zero attached hydrogens (tertiary/aromatic N) is 2. The summed E-state index contributed by atoms with van der Waals surface area (Å²) in [5.74, 6) is 0.873. The molecule has 0 bridgehead atoms. The van der Waals surface area contributed by atoms with Crippen LogP contribution >= 0.6 is 0 Å². The first-order valence-corrected chi connectivity index (χ1v) is 7.87. The van der Waals surface area contributed by atoms with Crippen LogP contribution in [0.3, 0.4) is 0 Å². The lowest BCUT2D eigenvalue weighted by molar-refractivity contribution is 0.190. The van der Waals surface area contributed by atoms with Gasteiger partial charge in [0.25, 0.3) is 0 Å². The molecule has 0 unspecified atom stereocenters. The van der Waals surface area contributed by atoms with E-state index in [1.54, 1.807) is 12.4 Å². The molecule has 1 aliphatic heterocycles. The molecule has 0 radical (unpaired) electrons. The van der Waals surface area contributed by atoms with Gasteiger partial charge < -0.3 is 15.5 Å². The van der Waals surface area contributed by atoms with Gasteiger partial charge in [-0.25, -0.2) is 4.79 Å². The van der Waals surface area contributed by atoms with Gasteiger partial charge in [-0.2, -0.15) is 0 Å². The molecule has 1 aromatic rings. The van der Waals surface area contributed by atoms with E-state index in [-0.39, 0.29) is 6.03 Å². The second-order valence-electron chi connectivity index (χ2n) is 5.85. The quantitative estimate of drug-likeness (QED) is 0.788. The maximum Gasteiger partial charge on any atom is 0.315 e. The van der Waals surface area contributed by atoms with Gasteiger partial charge in [0.1, 0.15) is 0 Å². The molecular weight excluding hydrogens is 264 g/mol. The van der Waals surface area contributed by atoms with Crippen molar-refractivity contribution in [3.63, 3.8) is 0 Å². The number of pyridine rings is 1. The highest BCUT2D eigenvalue weighted by atomic mass is 16.2. The third-order valence-corrected chi connectivity index (χ3v) is 3.99. The number of carbonyl (C=O) groups is 1. The van der Waals surface area contributed by atoms with E-state index in [1.165, 1.54) is 25.9 Å². The van der Waals surface area contributed by atoms with Gasteiger partial charge in [0, 0.05) is 25.5 Å². The average Bonchev–Trinajstić information content (AvgIpc) is 2.52. The van der Waals surface area contributed by atoms with Crippen molar-refractivity contribution in [3.05, 3.63) is 30.1 Å². The number of amides is 2. The molecule has 0 aliphatic carbocycles. The molecule has 1 fully saturated rings. The molecule has 1 saturated heterocycles. The van der Waals surface area contributed by atoms with E-state index in [0.29, 0.717) is 6.54 Å². The molecule has 1 aliphatic rings. The SMILES string of the molecule is CC1CCN(CCCNC(=O)NCc2cccnc2)CC1. The lowest BCUT2D eigenvalue weighted by Crippen LogP contribution is -2.38. The van der Waals surface area contributed by atoms with Crippen LogP contribution in [0.1, 0.15) is 31.7 Å². The number of piperidine rings is 1. The molecule has 0 spiro atoms. The minimum atomic E-state index is -0.105. The number of aromatic nitrogens is 1. The van der Waals surface area contributed by atoms with Crippen LogP contribution in [0.15, 0.2) is 24.5 Å². The van der Waals surface area contributed by atoms with E-state index in [0.717, 1.165) is 31.0 Å². The van der Waals surface area contributed by atoms with Crippen LogP contribution in [-0.2, 0) is 6.54 Å². The van der Waals surface area contributed by atoms with Crippen molar-refractivity contribution in [2.24, 2.45) is 5.92 Å². The summed E-state index contributed by atoms with van der Waals surface area (Å²) < 4.78 is 0. The molecule has 116 valence electrons. The minimum Gasteiger partial charge on any atom is -0.338 e. The van der Waals surface area contributed by atoms with Crippen molar-refractivity contribution < 1.29 is 4.79 Å². The Balaban J connectivity index is 1.51. The van der Waals surface area contributed by atoms with E-state index >= 15 is 0 Å². The molecule has 0 aromatic carbocycles. The Morgan fingerprint density at radius 2 is 2.19 bits per heavy atom. The molecular formula is C16H26N4O. The summed E-state index contributed by atoms with van der Waals surface area (Å²) in [5, 5.41) is 5.74. The fourth-order valence-corrected chi connectivity index (χ4v) is 2.54. The van der Waals surface area contributed by atoms with Crippen molar-refractivity contribution in [3.8, 4) is 0 Å². The molecule has 0 saturated carbocycles. The highest BCUT2D eigenvalue weighted by Crippen LogP contribution is 2.15. The summed E-state index contributed by atoms with van der Waals surface area (Å²) in [7, 11) is 0. The smallest absolute Gasteiger partial charge is 0.315 e. The van der Waals surface area contributed by atoms with Gasteiger partial charge in [0.2, 0.25) is 0 Å². The van der Waals surface area contributed by atoms with Crippen LogP contribution in [0.4, 0.5) is 4.79 Å². The van der Waals surface area contributed by atoms with Crippen molar-refractivity contribution in [2.45, 2.75) is 32.7 Å². The Morgan fingerprint density at radius 3 is 2.90 bits per heavy atom. The molecule has 2 heterocycles. The Kier molecular flexibility index (Phi) is 6.47. The Hall–Kier alpha value is -1.62. The zero-order valence-electron chi connectivity index (χ0n) is 12.8. The standard InChI is InChI=1S/C16H26N4O/c1-14-5-10-20(11-6-14)9-3-8-18-16(21)19-13-15-4-2-7-17-12-15/h2,4,7,12,14H,3,5-6,8-11,13H2,1H3,(H2,18,19,21). The number of rotatable bonds is 6. The molecule has 2 amide bonds. The summed E-state index contributed by atoms with van der Waals surface area (Å²) in [6.07, 6.45) is 7.11. The van der Waals surface area contributed by atoms with Crippen LogP contribution < -0.4 is 10.6 Å². The van der Waals surface area contributed by atoms with Gasteiger partial charge in [0.05, 0.1) is 0 Å². The second-order valence-corrected chi connectivity index (χ2v) is 5.85. The number of likely N-dealkylation sites (tertiary alicyclic amines) is 1. The van der Waals surface area contributed by atoms with Crippen molar-refractivity contribution in [1.82, 2.24) is 20.5 Å². The van der Waals surface area contributed by atoms with Gasteiger partial charge >= 0.3 is 6.03 Å². The van der Waals surface area contributed by atoms with Gasteiger partial charge in [-0.05, 0) is 56.4 Å². The first-order chi connectivity index (χ1) is 10.2. The molecule has 1 aromatic heterocycles. The Morgan fingerprint density at radius 1 is 1.38 bits per heavy atom. The predicted molar refractivity (Wildman–Crippen MR) is 83.9 cm³/mol. The second kappa shape index (κ2) is 8.62. The normalized spacial score (nSPS) is 16.6. The lowest BCUT2D eigenvalue weighted by atomic mass is 9.99. The van der Waals surface area contributed by atoms with Crippen LogP contribution in [0, 0.1) is 5.92 Å². The summed E-state index contributed by atoms with van der Waals surface area (Å²) in [4.78, 5) is 18.2. The Bertz CT molecular complexity index is 416. The number of carbonyl (C=O) groups excluding carboxylic acids is 1. The molecule has 5 heteroatoms. The maximum atomic E-state index is 11.7.